The lowest BCUT2D eigenvalue weighted by molar-refractivity contribution is -0.141. The molecule has 2 saturated heterocycles. The molecule has 0 bridgehead atoms. The van der Waals surface area contributed by atoms with Crippen LogP contribution in [0.15, 0.2) is 12.3 Å². The molecule has 0 atom stereocenters. The molecule has 3 heterocycles. The Morgan fingerprint density at radius 2 is 1.75 bits per heavy atom. The van der Waals surface area contributed by atoms with Crippen LogP contribution in [0.2, 0.25) is 0 Å². The molecule has 0 aromatic carbocycles. The summed E-state index contributed by atoms with van der Waals surface area (Å²) in [5, 5.41) is 0. The molecule has 0 saturated carbocycles. The third-order valence-electron chi connectivity index (χ3n) is 4.41. The topological polar surface area (TPSA) is 52.6 Å². The Morgan fingerprint density at radius 3 is 2.38 bits per heavy atom. The van der Waals surface area contributed by atoms with Crippen LogP contribution in [-0.2, 0) is 11.0 Å². The molecule has 24 heavy (non-hydrogen) atoms. The Hall–Kier alpha value is -1.90. The molecule has 9 heteroatoms. The highest BCUT2D eigenvalue weighted by atomic mass is 19.4. The van der Waals surface area contributed by atoms with Crippen molar-refractivity contribution in [2.45, 2.75) is 19.0 Å². The number of nitrogens with zero attached hydrogens (tertiary/aromatic N) is 5. The largest absolute Gasteiger partial charge is 0.433 e. The quantitative estimate of drug-likeness (QED) is 0.827. The van der Waals surface area contributed by atoms with Gasteiger partial charge in [0, 0.05) is 45.5 Å². The van der Waals surface area contributed by atoms with Crippen molar-refractivity contribution in [3.63, 3.8) is 0 Å². The summed E-state index contributed by atoms with van der Waals surface area (Å²) >= 11 is 0. The maximum atomic E-state index is 12.7. The number of rotatable bonds is 3. The van der Waals surface area contributed by atoms with Gasteiger partial charge in [-0.05, 0) is 18.9 Å². The maximum absolute atomic E-state index is 12.7. The summed E-state index contributed by atoms with van der Waals surface area (Å²) in [7, 11) is 0. The van der Waals surface area contributed by atoms with Gasteiger partial charge in [-0.15, -0.1) is 0 Å². The van der Waals surface area contributed by atoms with Crippen LogP contribution in [-0.4, -0.2) is 71.5 Å². The zero-order valence-corrected chi connectivity index (χ0v) is 13.3. The molecule has 0 radical (unpaired) electrons. The smallest absolute Gasteiger partial charge is 0.342 e. The first-order valence-corrected chi connectivity index (χ1v) is 8.09. The third kappa shape index (κ3) is 3.95. The molecule has 1 aromatic heterocycles. The van der Waals surface area contributed by atoms with E-state index in [4.69, 9.17) is 0 Å². The van der Waals surface area contributed by atoms with Crippen molar-refractivity contribution in [3.8, 4) is 0 Å². The average molecular weight is 343 g/mol. The second-order valence-electron chi connectivity index (χ2n) is 6.09. The molecule has 2 aliphatic rings. The van der Waals surface area contributed by atoms with Crippen molar-refractivity contribution in [3.05, 3.63) is 18.0 Å². The van der Waals surface area contributed by atoms with Gasteiger partial charge in [0.2, 0.25) is 11.9 Å². The molecule has 1 aromatic rings. The molecule has 3 rings (SSSR count). The van der Waals surface area contributed by atoms with Crippen molar-refractivity contribution in [2.75, 3.05) is 50.7 Å². The van der Waals surface area contributed by atoms with E-state index < -0.39 is 11.9 Å². The van der Waals surface area contributed by atoms with Gasteiger partial charge in [-0.25, -0.2) is 9.97 Å². The lowest BCUT2D eigenvalue weighted by atomic mass is 10.3. The van der Waals surface area contributed by atoms with E-state index in [1.165, 1.54) is 0 Å². The number of alkyl halides is 3. The summed E-state index contributed by atoms with van der Waals surface area (Å²) in [5.41, 5.74) is -0.931. The van der Waals surface area contributed by atoms with Crippen LogP contribution in [0.4, 0.5) is 19.1 Å². The molecule has 0 N–H and O–H groups in total. The van der Waals surface area contributed by atoms with Gasteiger partial charge in [-0.2, -0.15) is 13.2 Å². The SMILES string of the molecule is O=C(CN1CCN(c2nccc(C(F)(F)F)n2)CC1)N1CCCC1. The summed E-state index contributed by atoms with van der Waals surface area (Å²) in [6, 6.07) is 0.870. The highest BCUT2D eigenvalue weighted by Crippen LogP contribution is 2.28. The van der Waals surface area contributed by atoms with Crippen LogP contribution in [0.5, 0.6) is 0 Å². The van der Waals surface area contributed by atoms with Gasteiger partial charge in [0.1, 0.15) is 5.69 Å². The number of piperazine rings is 1. The van der Waals surface area contributed by atoms with E-state index in [1.807, 2.05) is 9.80 Å². The first-order chi connectivity index (χ1) is 11.4. The predicted molar refractivity (Wildman–Crippen MR) is 81.5 cm³/mol. The highest BCUT2D eigenvalue weighted by molar-refractivity contribution is 5.78. The van der Waals surface area contributed by atoms with Crippen molar-refractivity contribution < 1.29 is 18.0 Å². The van der Waals surface area contributed by atoms with Crippen LogP contribution >= 0.6 is 0 Å². The van der Waals surface area contributed by atoms with Crippen molar-refractivity contribution in [2.24, 2.45) is 0 Å². The number of carbonyl (C=O) groups excluding carboxylic acids is 1. The van der Waals surface area contributed by atoms with E-state index in [0.29, 0.717) is 32.7 Å². The van der Waals surface area contributed by atoms with Crippen molar-refractivity contribution in [1.82, 2.24) is 19.8 Å². The fraction of sp³-hybridized carbons (Fsp3) is 0.667. The molecular weight excluding hydrogens is 323 g/mol. The fourth-order valence-corrected chi connectivity index (χ4v) is 3.02. The van der Waals surface area contributed by atoms with Gasteiger partial charge < -0.3 is 9.80 Å². The van der Waals surface area contributed by atoms with Crippen LogP contribution in [0, 0.1) is 0 Å². The number of anilines is 1. The number of carbonyl (C=O) groups is 1. The zero-order valence-electron chi connectivity index (χ0n) is 13.3. The zero-order chi connectivity index (χ0) is 17.2. The lowest BCUT2D eigenvalue weighted by Gasteiger charge is -2.35. The Kier molecular flexibility index (Phi) is 4.88. The number of hydrogen-bond acceptors (Lipinski definition) is 5. The Balaban J connectivity index is 1.54. The van der Waals surface area contributed by atoms with E-state index >= 15 is 0 Å². The minimum Gasteiger partial charge on any atom is -0.342 e. The molecule has 2 fully saturated rings. The predicted octanol–water partition coefficient (Wildman–Crippen LogP) is 1.24. The number of amides is 1. The lowest BCUT2D eigenvalue weighted by Crippen LogP contribution is -2.50. The van der Waals surface area contributed by atoms with E-state index in [1.54, 1.807) is 4.90 Å². The van der Waals surface area contributed by atoms with Crippen LogP contribution in [0.1, 0.15) is 18.5 Å². The number of likely N-dealkylation sites (tertiary alicyclic amines) is 1. The van der Waals surface area contributed by atoms with Crippen LogP contribution < -0.4 is 4.90 Å². The first kappa shape index (κ1) is 16.9. The minimum atomic E-state index is -4.47. The fourth-order valence-electron chi connectivity index (χ4n) is 3.02. The summed E-state index contributed by atoms with van der Waals surface area (Å²) in [4.78, 5) is 25.3. The van der Waals surface area contributed by atoms with Gasteiger partial charge in [0.25, 0.3) is 0 Å². The summed E-state index contributed by atoms with van der Waals surface area (Å²) in [5.74, 6) is 0.228. The van der Waals surface area contributed by atoms with E-state index in [-0.39, 0.29) is 11.9 Å². The molecule has 2 aliphatic heterocycles. The average Bonchev–Trinajstić information content (AvgIpc) is 3.09. The molecule has 6 nitrogen and oxygen atoms in total. The Bertz CT molecular complexity index is 581. The third-order valence-corrected chi connectivity index (χ3v) is 4.41. The molecule has 1 amide bonds. The number of halogens is 3. The summed E-state index contributed by atoms with van der Waals surface area (Å²) in [6.07, 6.45) is -1.21. The molecular formula is C15H20F3N5O. The van der Waals surface area contributed by atoms with Crippen LogP contribution in [0.25, 0.3) is 0 Å². The Morgan fingerprint density at radius 1 is 1.08 bits per heavy atom. The van der Waals surface area contributed by atoms with Gasteiger partial charge >= 0.3 is 6.18 Å². The second kappa shape index (κ2) is 6.92. The van der Waals surface area contributed by atoms with Gasteiger partial charge in [-0.1, -0.05) is 0 Å². The minimum absolute atomic E-state index is 0.0929. The number of aromatic nitrogens is 2. The number of hydrogen-bond donors (Lipinski definition) is 0. The monoisotopic (exact) mass is 343 g/mol. The molecule has 0 aliphatic carbocycles. The molecule has 132 valence electrons. The van der Waals surface area contributed by atoms with Gasteiger partial charge in [-0.3, -0.25) is 9.69 Å². The second-order valence-corrected chi connectivity index (χ2v) is 6.09. The first-order valence-electron chi connectivity index (χ1n) is 8.09. The van der Waals surface area contributed by atoms with Gasteiger partial charge in [0.05, 0.1) is 6.54 Å². The normalized spacial score (nSPS) is 19.8. The standard InChI is InChI=1S/C15H20F3N5O/c16-15(17,18)12-3-4-19-14(20-12)23-9-7-21(8-10-23)11-13(24)22-5-1-2-6-22/h3-4H,1-2,5-11H2. The Labute approximate surface area is 138 Å². The molecule has 0 unspecified atom stereocenters. The van der Waals surface area contributed by atoms with Crippen molar-refractivity contribution in [1.29, 1.82) is 0 Å². The van der Waals surface area contributed by atoms with Crippen LogP contribution in [0.3, 0.4) is 0 Å². The van der Waals surface area contributed by atoms with E-state index in [9.17, 15) is 18.0 Å². The van der Waals surface area contributed by atoms with Crippen molar-refractivity contribution >= 4 is 11.9 Å². The van der Waals surface area contributed by atoms with E-state index in [2.05, 4.69) is 9.97 Å². The maximum Gasteiger partial charge on any atom is 0.433 e. The molecule has 0 spiro atoms. The van der Waals surface area contributed by atoms with E-state index in [0.717, 1.165) is 38.2 Å². The highest BCUT2D eigenvalue weighted by Gasteiger charge is 2.33. The summed E-state index contributed by atoms with van der Waals surface area (Å²) in [6.45, 7) is 4.27. The summed E-state index contributed by atoms with van der Waals surface area (Å²) < 4.78 is 38.2. The van der Waals surface area contributed by atoms with Gasteiger partial charge in [0.15, 0.2) is 0 Å².